The molecule has 2 saturated heterocycles. The van der Waals surface area contributed by atoms with Crippen molar-refractivity contribution in [3.05, 3.63) is 58.4 Å². The highest BCUT2D eigenvalue weighted by Gasteiger charge is 2.55. The van der Waals surface area contributed by atoms with Crippen LogP contribution in [-0.2, 0) is 20.7 Å². The maximum Gasteiger partial charge on any atom is 0.179 e. The molecule has 2 aliphatic heterocycles. The predicted molar refractivity (Wildman–Crippen MR) is 101 cm³/mol. The van der Waals surface area contributed by atoms with Crippen molar-refractivity contribution in [2.45, 2.75) is 50.7 Å². The van der Waals surface area contributed by atoms with E-state index in [0.717, 1.165) is 11.1 Å². The first-order valence-corrected chi connectivity index (χ1v) is 9.56. The lowest BCUT2D eigenvalue weighted by Crippen LogP contribution is -2.49. The van der Waals surface area contributed by atoms with Gasteiger partial charge in [-0.2, -0.15) is 0 Å². The quantitative estimate of drug-likeness (QED) is 0.706. The van der Waals surface area contributed by atoms with Crippen molar-refractivity contribution >= 4 is 23.2 Å². The van der Waals surface area contributed by atoms with Gasteiger partial charge in [0.25, 0.3) is 0 Å². The first-order valence-electron chi connectivity index (χ1n) is 9.18. The molecule has 2 aliphatic rings. The van der Waals surface area contributed by atoms with E-state index < -0.39 is 23.4 Å². The van der Waals surface area contributed by atoms with Crippen molar-refractivity contribution in [3.63, 3.8) is 0 Å². The smallest absolute Gasteiger partial charge is 0.179 e. The molecular formula is C22H20ClFO3. The predicted octanol–water partition coefficient (Wildman–Crippen LogP) is 4.88. The monoisotopic (exact) mass is 386 g/mol. The summed E-state index contributed by atoms with van der Waals surface area (Å²) in [6.45, 7) is 3.77. The topological polar surface area (TPSA) is 43.4 Å². The van der Waals surface area contributed by atoms with E-state index in [-0.39, 0.29) is 16.6 Å². The van der Waals surface area contributed by atoms with E-state index in [9.17, 15) is 14.0 Å². The number of carbonyl (C=O) groups is 2. The highest BCUT2D eigenvalue weighted by Crippen LogP contribution is 2.44. The Balaban J connectivity index is 1.83. The molecule has 3 atom stereocenters. The zero-order valence-electron chi connectivity index (χ0n) is 15.2. The van der Waals surface area contributed by atoms with Gasteiger partial charge in [0, 0.05) is 0 Å². The van der Waals surface area contributed by atoms with Crippen molar-refractivity contribution < 1.29 is 18.7 Å². The summed E-state index contributed by atoms with van der Waals surface area (Å²) < 4.78 is 19.6. The highest BCUT2D eigenvalue weighted by molar-refractivity contribution is 6.30. The molecule has 2 aromatic carbocycles. The number of rotatable bonds is 3. The molecule has 0 radical (unpaired) electrons. The Morgan fingerprint density at radius 3 is 2.59 bits per heavy atom. The fraction of sp³-hybridized carbons (Fsp3) is 0.364. The van der Waals surface area contributed by atoms with Gasteiger partial charge in [0.2, 0.25) is 0 Å². The summed E-state index contributed by atoms with van der Waals surface area (Å²) in [5, 5.41) is 0.0587. The van der Waals surface area contributed by atoms with E-state index in [4.69, 9.17) is 16.3 Å². The normalized spacial score (nSPS) is 27.3. The van der Waals surface area contributed by atoms with E-state index >= 15 is 0 Å². The van der Waals surface area contributed by atoms with Crippen LogP contribution in [0.5, 0.6) is 0 Å². The van der Waals surface area contributed by atoms with Crippen molar-refractivity contribution in [2.24, 2.45) is 0 Å². The molecule has 27 heavy (non-hydrogen) atoms. The highest BCUT2D eigenvalue weighted by atomic mass is 35.5. The first kappa shape index (κ1) is 18.3. The van der Waals surface area contributed by atoms with Crippen LogP contribution in [0, 0.1) is 5.82 Å². The van der Waals surface area contributed by atoms with Crippen LogP contribution in [-0.4, -0.2) is 23.3 Å². The van der Waals surface area contributed by atoms with Gasteiger partial charge in [-0.1, -0.05) is 36.7 Å². The van der Waals surface area contributed by atoms with Crippen LogP contribution in [0.1, 0.15) is 43.7 Å². The van der Waals surface area contributed by atoms with Gasteiger partial charge < -0.3 is 4.74 Å². The summed E-state index contributed by atoms with van der Waals surface area (Å²) in [5.74, 6) is -1.65. The molecule has 0 aliphatic carbocycles. The van der Waals surface area contributed by atoms with Crippen LogP contribution in [0.15, 0.2) is 36.4 Å². The van der Waals surface area contributed by atoms with Crippen LogP contribution >= 0.6 is 11.6 Å². The summed E-state index contributed by atoms with van der Waals surface area (Å²) in [4.78, 5) is 26.0. The Bertz CT molecular complexity index is 955. The summed E-state index contributed by atoms with van der Waals surface area (Å²) in [7, 11) is 0. The standard InChI is InChI=1S/C22H20ClFO3/c1-3-12-4-5-13(14-6-7-16(23)17(24)11-14)10-15(12)19-20(25)18-8-9-22(2,27-18)21(19)26/h4-7,10-11,18-19H,3,8-9H2,1-2H3/t18-,19?,22+/m0/s1. The summed E-state index contributed by atoms with van der Waals surface area (Å²) in [6.07, 6.45) is 1.34. The van der Waals surface area contributed by atoms with E-state index in [2.05, 4.69) is 0 Å². The summed E-state index contributed by atoms with van der Waals surface area (Å²) in [5.41, 5.74) is 2.17. The number of halogens is 2. The number of fused-ring (bicyclic) bond motifs is 2. The molecule has 0 spiro atoms. The van der Waals surface area contributed by atoms with Gasteiger partial charge in [0.15, 0.2) is 11.6 Å². The van der Waals surface area contributed by atoms with Gasteiger partial charge in [-0.25, -0.2) is 4.39 Å². The third kappa shape index (κ3) is 2.91. The van der Waals surface area contributed by atoms with Gasteiger partial charge in [-0.3, -0.25) is 9.59 Å². The molecule has 0 aromatic heterocycles. The number of carbonyl (C=O) groups excluding carboxylic acids is 2. The zero-order valence-corrected chi connectivity index (χ0v) is 16.0. The lowest BCUT2D eigenvalue weighted by molar-refractivity contribution is -0.160. The lowest BCUT2D eigenvalue weighted by Gasteiger charge is -2.34. The van der Waals surface area contributed by atoms with Crippen molar-refractivity contribution in [3.8, 4) is 11.1 Å². The Hall–Kier alpha value is -2.04. The average Bonchev–Trinajstić information content (AvgIpc) is 3.03. The van der Waals surface area contributed by atoms with Crippen LogP contribution in [0.25, 0.3) is 11.1 Å². The largest absolute Gasteiger partial charge is 0.356 e. The molecule has 1 unspecified atom stereocenters. The molecule has 2 aromatic rings. The molecule has 2 bridgehead atoms. The second-order valence-corrected chi connectivity index (χ2v) is 7.88. The van der Waals surface area contributed by atoms with Gasteiger partial charge >= 0.3 is 0 Å². The van der Waals surface area contributed by atoms with E-state index in [0.29, 0.717) is 30.4 Å². The van der Waals surface area contributed by atoms with Gasteiger partial charge in [0.1, 0.15) is 23.4 Å². The molecule has 0 saturated carbocycles. The van der Waals surface area contributed by atoms with E-state index in [1.54, 1.807) is 13.0 Å². The van der Waals surface area contributed by atoms with E-state index in [1.807, 2.05) is 25.1 Å². The second-order valence-electron chi connectivity index (χ2n) is 7.47. The molecule has 3 nitrogen and oxygen atoms in total. The maximum atomic E-state index is 13.9. The fourth-order valence-electron chi connectivity index (χ4n) is 4.18. The van der Waals surface area contributed by atoms with Gasteiger partial charge in [-0.05, 0) is 66.6 Å². The number of ketones is 2. The minimum absolute atomic E-state index is 0.0587. The molecule has 2 fully saturated rings. The summed E-state index contributed by atoms with van der Waals surface area (Å²) in [6, 6.07) is 10.2. The molecular weight excluding hydrogens is 367 g/mol. The number of benzene rings is 2. The lowest BCUT2D eigenvalue weighted by atomic mass is 9.78. The Labute approximate surface area is 162 Å². The van der Waals surface area contributed by atoms with Crippen molar-refractivity contribution in [1.29, 1.82) is 0 Å². The number of aryl methyl sites for hydroxylation is 1. The number of hydrogen-bond donors (Lipinski definition) is 0. The van der Waals surface area contributed by atoms with Crippen LogP contribution < -0.4 is 0 Å². The second kappa shape index (κ2) is 6.54. The Morgan fingerprint density at radius 1 is 1.19 bits per heavy atom. The molecule has 4 rings (SSSR count). The SMILES string of the molecule is CCc1ccc(-c2ccc(Cl)c(F)c2)cc1C1C(=O)[C@@H]2CC[C@@](C)(O2)C1=O. The van der Waals surface area contributed by atoms with Gasteiger partial charge in [-0.15, -0.1) is 0 Å². The van der Waals surface area contributed by atoms with Crippen molar-refractivity contribution in [1.82, 2.24) is 0 Å². The molecule has 140 valence electrons. The Morgan fingerprint density at radius 2 is 1.89 bits per heavy atom. The van der Waals surface area contributed by atoms with E-state index in [1.165, 1.54) is 12.1 Å². The minimum Gasteiger partial charge on any atom is -0.356 e. The minimum atomic E-state index is -0.892. The third-order valence-electron chi connectivity index (χ3n) is 5.76. The molecule has 0 N–H and O–H groups in total. The van der Waals surface area contributed by atoms with Gasteiger partial charge in [0.05, 0.1) is 5.02 Å². The third-order valence-corrected chi connectivity index (χ3v) is 6.07. The van der Waals surface area contributed by atoms with Crippen molar-refractivity contribution in [2.75, 3.05) is 0 Å². The molecule has 2 heterocycles. The first-order chi connectivity index (χ1) is 12.8. The number of hydrogen-bond acceptors (Lipinski definition) is 3. The maximum absolute atomic E-state index is 13.9. The zero-order chi connectivity index (χ0) is 19.3. The number of Topliss-reactive ketones (excluding diaryl/α,β-unsaturated/α-hetero) is 2. The van der Waals surface area contributed by atoms with Crippen LogP contribution in [0.2, 0.25) is 5.02 Å². The summed E-state index contributed by atoms with van der Waals surface area (Å²) >= 11 is 5.78. The average molecular weight is 387 g/mol. The number of ether oxygens (including phenoxy) is 1. The molecule has 5 heteroatoms. The van der Waals surface area contributed by atoms with Crippen LogP contribution in [0.4, 0.5) is 4.39 Å². The Kier molecular flexibility index (Phi) is 4.44. The van der Waals surface area contributed by atoms with Crippen LogP contribution in [0.3, 0.4) is 0 Å². The fourth-order valence-corrected chi connectivity index (χ4v) is 4.29. The molecule has 0 amide bonds.